The fourth-order valence-electron chi connectivity index (χ4n) is 2.10. The van der Waals surface area contributed by atoms with Crippen molar-refractivity contribution >= 4 is 23.2 Å². The molecule has 1 N–H and O–H groups in total. The number of esters is 1. The zero-order valence-corrected chi connectivity index (χ0v) is 16.5. The lowest BCUT2D eigenvalue weighted by molar-refractivity contribution is -0.130. The molecule has 1 unspecified atom stereocenters. The Bertz CT molecular complexity index is 780. The number of nitrogens with zero attached hydrogens (tertiary/aromatic N) is 1. The van der Waals surface area contributed by atoms with Crippen LogP contribution >= 0.6 is 11.3 Å². The topological polar surface area (TPSA) is 77.5 Å². The van der Waals surface area contributed by atoms with E-state index in [0.29, 0.717) is 17.9 Å². The van der Waals surface area contributed by atoms with E-state index in [4.69, 9.17) is 9.47 Å². The number of aromatic nitrogens is 1. The number of carbonyl (C=O) groups excluding carboxylic acids is 2. The highest BCUT2D eigenvalue weighted by Crippen LogP contribution is 2.17. The first-order valence-corrected chi connectivity index (χ1v) is 9.19. The van der Waals surface area contributed by atoms with Gasteiger partial charge in [0.2, 0.25) is 0 Å². The Kier molecular flexibility index (Phi) is 6.37. The van der Waals surface area contributed by atoms with Gasteiger partial charge in [-0.2, -0.15) is 0 Å². The molecule has 2 rings (SSSR count). The number of hydrogen-bond donors (Lipinski definition) is 1. The van der Waals surface area contributed by atoms with Gasteiger partial charge in [0.1, 0.15) is 12.4 Å². The Morgan fingerprint density at radius 3 is 2.65 bits per heavy atom. The first kappa shape index (κ1) is 19.9. The van der Waals surface area contributed by atoms with Gasteiger partial charge in [0, 0.05) is 10.9 Å². The summed E-state index contributed by atoms with van der Waals surface area (Å²) in [7, 11) is 0. The summed E-state index contributed by atoms with van der Waals surface area (Å²) in [6, 6.07) is 6.68. The maximum atomic E-state index is 12.3. The number of thiazole rings is 1. The molecule has 0 fully saturated rings. The fraction of sp³-hybridized carbons (Fsp3) is 0.421. The molecule has 1 aromatic carbocycles. The van der Waals surface area contributed by atoms with Crippen molar-refractivity contribution in [1.29, 1.82) is 0 Å². The molecule has 0 aliphatic rings. The van der Waals surface area contributed by atoms with E-state index >= 15 is 0 Å². The maximum Gasteiger partial charge on any atom is 0.339 e. The quantitative estimate of drug-likeness (QED) is 0.781. The predicted octanol–water partition coefficient (Wildman–Crippen LogP) is 3.49. The van der Waals surface area contributed by atoms with Gasteiger partial charge < -0.3 is 14.8 Å². The summed E-state index contributed by atoms with van der Waals surface area (Å²) in [5.74, 6) is -0.370. The third-order valence-electron chi connectivity index (χ3n) is 3.27. The van der Waals surface area contributed by atoms with Gasteiger partial charge >= 0.3 is 5.97 Å². The third kappa shape index (κ3) is 6.15. The standard InChI is InChI=1S/C19H24N2O4S/c1-12(17(22)21-19(3,4)5)25-18(23)14-7-6-8-16(9-14)24-10-15-11-26-13(2)20-15/h6-9,11-12H,10H2,1-5H3,(H,21,22). The van der Waals surface area contributed by atoms with Gasteiger partial charge in [-0.3, -0.25) is 4.79 Å². The van der Waals surface area contributed by atoms with Crippen molar-refractivity contribution in [3.05, 3.63) is 45.9 Å². The molecule has 7 heteroatoms. The Labute approximate surface area is 157 Å². The van der Waals surface area contributed by atoms with Gasteiger partial charge in [-0.25, -0.2) is 9.78 Å². The molecule has 1 heterocycles. The Balaban J connectivity index is 1.95. The largest absolute Gasteiger partial charge is 0.487 e. The van der Waals surface area contributed by atoms with Crippen LogP contribution in [0.15, 0.2) is 29.6 Å². The second-order valence-corrected chi connectivity index (χ2v) is 8.02. The van der Waals surface area contributed by atoms with Crippen molar-refractivity contribution in [3.63, 3.8) is 0 Å². The molecule has 1 amide bonds. The molecule has 0 aliphatic heterocycles. The van der Waals surface area contributed by atoms with Crippen molar-refractivity contribution in [1.82, 2.24) is 10.3 Å². The summed E-state index contributed by atoms with van der Waals surface area (Å²) in [6.45, 7) is 9.40. The summed E-state index contributed by atoms with van der Waals surface area (Å²) in [4.78, 5) is 28.6. The highest BCUT2D eigenvalue weighted by Gasteiger charge is 2.23. The molecule has 0 saturated carbocycles. The number of aryl methyl sites for hydroxylation is 1. The van der Waals surface area contributed by atoms with Crippen molar-refractivity contribution in [2.75, 3.05) is 0 Å². The summed E-state index contributed by atoms with van der Waals surface area (Å²) >= 11 is 1.56. The van der Waals surface area contributed by atoms with Gasteiger partial charge in [0.25, 0.3) is 5.91 Å². The Morgan fingerprint density at radius 2 is 2.04 bits per heavy atom. The van der Waals surface area contributed by atoms with Gasteiger partial charge in [-0.15, -0.1) is 11.3 Å². The number of ether oxygens (including phenoxy) is 2. The molecule has 6 nitrogen and oxygen atoms in total. The van der Waals surface area contributed by atoms with Crippen LogP contribution in [0.1, 0.15) is 48.8 Å². The molecule has 2 aromatic rings. The summed E-state index contributed by atoms with van der Waals surface area (Å²) < 4.78 is 10.9. The molecular formula is C19H24N2O4S. The number of nitrogens with one attached hydrogen (secondary N) is 1. The molecule has 0 radical (unpaired) electrons. The zero-order chi connectivity index (χ0) is 19.3. The molecule has 26 heavy (non-hydrogen) atoms. The molecule has 0 aliphatic carbocycles. The molecule has 140 valence electrons. The first-order valence-electron chi connectivity index (χ1n) is 8.31. The van der Waals surface area contributed by atoms with Crippen LogP contribution in [0.25, 0.3) is 0 Å². The summed E-state index contributed by atoms with van der Waals surface area (Å²) in [5.41, 5.74) is 0.778. The lowest BCUT2D eigenvalue weighted by Gasteiger charge is -2.23. The lowest BCUT2D eigenvalue weighted by Crippen LogP contribution is -2.46. The highest BCUT2D eigenvalue weighted by atomic mass is 32.1. The number of rotatable bonds is 6. The number of benzene rings is 1. The maximum absolute atomic E-state index is 12.3. The summed E-state index contributed by atoms with van der Waals surface area (Å²) in [5, 5.41) is 5.69. The molecule has 0 saturated heterocycles. The molecule has 0 spiro atoms. The smallest absolute Gasteiger partial charge is 0.339 e. The van der Waals surface area contributed by atoms with E-state index in [9.17, 15) is 9.59 Å². The third-order valence-corrected chi connectivity index (χ3v) is 4.10. The normalized spacial score (nSPS) is 12.3. The van der Waals surface area contributed by atoms with Crippen LogP contribution in [0, 0.1) is 6.92 Å². The van der Waals surface area contributed by atoms with Crippen LogP contribution in [0.4, 0.5) is 0 Å². The van der Waals surface area contributed by atoms with Crippen LogP contribution in [-0.4, -0.2) is 28.5 Å². The molecule has 0 bridgehead atoms. The van der Waals surface area contributed by atoms with E-state index in [-0.39, 0.29) is 11.4 Å². The average molecular weight is 376 g/mol. The van der Waals surface area contributed by atoms with E-state index in [0.717, 1.165) is 10.7 Å². The van der Waals surface area contributed by atoms with E-state index in [1.807, 2.05) is 33.1 Å². The minimum absolute atomic E-state index is 0.326. The SMILES string of the molecule is Cc1nc(COc2cccc(C(=O)OC(C)C(=O)NC(C)(C)C)c2)cs1. The average Bonchev–Trinajstić information content (AvgIpc) is 2.97. The Morgan fingerprint density at radius 1 is 1.31 bits per heavy atom. The van der Waals surface area contributed by atoms with Crippen LogP contribution < -0.4 is 10.1 Å². The van der Waals surface area contributed by atoms with Gasteiger partial charge in [-0.1, -0.05) is 6.07 Å². The highest BCUT2D eigenvalue weighted by molar-refractivity contribution is 7.09. The van der Waals surface area contributed by atoms with E-state index in [1.54, 1.807) is 42.5 Å². The number of hydrogen-bond acceptors (Lipinski definition) is 6. The molecule has 1 atom stereocenters. The van der Waals surface area contributed by atoms with Crippen LogP contribution in [0.2, 0.25) is 0 Å². The van der Waals surface area contributed by atoms with Crippen molar-refractivity contribution < 1.29 is 19.1 Å². The first-order chi connectivity index (χ1) is 12.1. The summed E-state index contributed by atoms with van der Waals surface area (Å²) in [6.07, 6.45) is -0.885. The Hall–Kier alpha value is -2.41. The van der Waals surface area contributed by atoms with Crippen LogP contribution in [0.5, 0.6) is 5.75 Å². The predicted molar refractivity (Wildman–Crippen MR) is 100 cm³/mol. The minimum atomic E-state index is -0.885. The van der Waals surface area contributed by atoms with Crippen molar-refractivity contribution in [2.24, 2.45) is 0 Å². The van der Waals surface area contributed by atoms with Gasteiger partial charge in [0.05, 0.1) is 16.3 Å². The molecule has 1 aromatic heterocycles. The van der Waals surface area contributed by atoms with E-state index in [1.165, 1.54) is 0 Å². The molecular weight excluding hydrogens is 352 g/mol. The zero-order valence-electron chi connectivity index (χ0n) is 15.7. The van der Waals surface area contributed by atoms with Crippen LogP contribution in [0.3, 0.4) is 0 Å². The second kappa shape index (κ2) is 8.31. The van der Waals surface area contributed by atoms with Gasteiger partial charge in [-0.05, 0) is 52.8 Å². The van der Waals surface area contributed by atoms with Crippen molar-refractivity contribution in [2.45, 2.75) is 52.9 Å². The number of amides is 1. The lowest BCUT2D eigenvalue weighted by atomic mass is 10.1. The monoisotopic (exact) mass is 376 g/mol. The van der Waals surface area contributed by atoms with E-state index < -0.39 is 12.1 Å². The minimum Gasteiger partial charge on any atom is -0.487 e. The number of carbonyl (C=O) groups is 2. The van der Waals surface area contributed by atoms with E-state index in [2.05, 4.69) is 10.3 Å². The van der Waals surface area contributed by atoms with Crippen molar-refractivity contribution in [3.8, 4) is 5.75 Å². The van der Waals surface area contributed by atoms with Crippen LogP contribution in [-0.2, 0) is 16.1 Å². The van der Waals surface area contributed by atoms with Gasteiger partial charge in [0.15, 0.2) is 6.10 Å². The second-order valence-electron chi connectivity index (χ2n) is 6.96. The fourth-order valence-corrected chi connectivity index (χ4v) is 2.70.